The van der Waals surface area contributed by atoms with Gasteiger partial charge in [-0.2, -0.15) is 0 Å². The molecule has 1 aromatic heterocycles. The van der Waals surface area contributed by atoms with Gasteiger partial charge < -0.3 is 4.57 Å². The second-order valence-corrected chi connectivity index (χ2v) is 4.54. The van der Waals surface area contributed by atoms with Gasteiger partial charge in [-0.05, 0) is 40.8 Å². The predicted molar refractivity (Wildman–Crippen MR) is 68.9 cm³/mol. The van der Waals surface area contributed by atoms with Crippen molar-refractivity contribution in [3.63, 3.8) is 0 Å². The van der Waals surface area contributed by atoms with E-state index < -0.39 is 0 Å². The van der Waals surface area contributed by atoms with Crippen LogP contribution in [0.5, 0.6) is 0 Å². The van der Waals surface area contributed by atoms with Crippen LogP contribution in [0.15, 0.2) is 47.4 Å². The summed E-state index contributed by atoms with van der Waals surface area (Å²) in [5.74, 6) is -0.284. The van der Waals surface area contributed by atoms with E-state index in [0.29, 0.717) is 9.13 Å². The lowest BCUT2D eigenvalue weighted by molar-refractivity contribution is 0.596. The molecular formula is C12H9FINO. The molecule has 0 N–H and O–H groups in total. The fourth-order valence-corrected chi connectivity index (χ4v) is 1.96. The summed E-state index contributed by atoms with van der Waals surface area (Å²) < 4.78 is 15.5. The molecule has 82 valence electrons. The number of aromatic nitrogens is 1. The fraction of sp³-hybridized carbons (Fsp3) is 0.0833. The van der Waals surface area contributed by atoms with Crippen LogP contribution < -0.4 is 5.56 Å². The standard InChI is InChI=1S/C12H9FINO/c13-10-5-2-1-4-9(10)8-15-7-3-6-11(14)12(15)16/h1-7H,8H2. The molecular weight excluding hydrogens is 320 g/mol. The van der Waals surface area contributed by atoms with Gasteiger partial charge in [0.2, 0.25) is 0 Å². The summed E-state index contributed by atoms with van der Waals surface area (Å²) in [6, 6.07) is 9.99. The molecule has 2 nitrogen and oxygen atoms in total. The van der Waals surface area contributed by atoms with Crippen molar-refractivity contribution in [3.05, 3.63) is 67.9 Å². The fourth-order valence-electron chi connectivity index (χ4n) is 1.44. The van der Waals surface area contributed by atoms with Crippen LogP contribution in [0.4, 0.5) is 4.39 Å². The van der Waals surface area contributed by atoms with E-state index >= 15 is 0 Å². The molecule has 1 aromatic carbocycles. The Labute approximate surface area is 106 Å². The Morgan fingerprint density at radius 2 is 1.94 bits per heavy atom. The van der Waals surface area contributed by atoms with Gasteiger partial charge in [0, 0.05) is 11.8 Å². The molecule has 0 radical (unpaired) electrons. The summed E-state index contributed by atoms with van der Waals surface area (Å²) in [4.78, 5) is 11.7. The second-order valence-electron chi connectivity index (χ2n) is 3.38. The van der Waals surface area contributed by atoms with Gasteiger partial charge in [0.15, 0.2) is 0 Å². The summed E-state index contributed by atoms with van der Waals surface area (Å²) in [7, 11) is 0. The zero-order valence-electron chi connectivity index (χ0n) is 8.36. The maximum absolute atomic E-state index is 13.4. The smallest absolute Gasteiger partial charge is 0.264 e. The molecule has 1 heterocycles. The van der Waals surface area contributed by atoms with Crippen LogP contribution in [0, 0.1) is 9.39 Å². The number of pyridine rings is 1. The van der Waals surface area contributed by atoms with E-state index in [-0.39, 0.29) is 17.9 Å². The Kier molecular flexibility index (Phi) is 3.38. The van der Waals surface area contributed by atoms with Crippen LogP contribution in [0.3, 0.4) is 0 Å². The van der Waals surface area contributed by atoms with E-state index in [9.17, 15) is 9.18 Å². The molecule has 4 heteroatoms. The van der Waals surface area contributed by atoms with Gasteiger partial charge in [0.05, 0.1) is 10.1 Å². The number of hydrogen-bond donors (Lipinski definition) is 0. The van der Waals surface area contributed by atoms with Crippen LogP contribution in [0.25, 0.3) is 0 Å². The van der Waals surface area contributed by atoms with E-state index in [2.05, 4.69) is 0 Å². The maximum atomic E-state index is 13.4. The first-order chi connectivity index (χ1) is 7.68. The highest BCUT2D eigenvalue weighted by Crippen LogP contribution is 2.07. The van der Waals surface area contributed by atoms with Gasteiger partial charge in [0.25, 0.3) is 5.56 Å². The molecule has 0 saturated heterocycles. The number of rotatable bonds is 2. The molecule has 0 spiro atoms. The first-order valence-electron chi connectivity index (χ1n) is 4.77. The molecule has 0 fully saturated rings. The minimum atomic E-state index is -0.284. The average molecular weight is 329 g/mol. The highest BCUT2D eigenvalue weighted by molar-refractivity contribution is 14.1. The van der Waals surface area contributed by atoms with Crippen LogP contribution in [-0.4, -0.2) is 4.57 Å². The Balaban J connectivity index is 2.39. The quantitative estimate of drug-likeness (QED) is 0.777. The highest BCUT2D eigenvalue weighted by Gasteiger charge is 2.04. The van der Waals surface area contributed by atoms with E-state index in [4.69, 9.17) is 0 Å². The van der Waals surface area contributed by atoms with Gasteiger partial charge in [-0.3, -0.25) is 4.79 Å². The van der Waals surface area contributed by atoms with E-state index in [1.807, 2.05) is 22.6 Å². The van der Waals surface area contributed by atoms with E-state index in [1.165, 1.54) is 10.6 Å². The summed E-state index contributed by atoms with van der Waals surface area (Å²) in [5.41, 5.74) is 0.429. The van der Waals surface area contributed by atoms with Crippen molar-refractivity contribution in [2.45, 2.75) is 6.54 Å². The number of halogens is 2. The van der Waals surface area contributed by atoms with Gasteiger partial charge in [-0.25, -0.2) is 4.39 Å². The largest absolute Gasteiger partial charge is 0.310 e. The van der Waals surface area contributed by atoms with Crippen LogP contribution in [0.2, 0.25) is 0 Å². The normalized spacial score (nSPS) is 10.4. The Bertz CT molecular complexity index is 565. The third kappa shape index (κ3) is 2.32. The lowest BCUT2D eigenvalue weighted by Gasteiger charge is -2.06. The predicted octanol–water partition coefficient (Wildman–Crippen LogP) is 2.64. The van der Waals surface area contributed by atoms with Gasteiger partial charge in [0.1, 0.15) is 5.82 Å². The third-order valence-corrected chi connectivity index (χ3v) is 3.09. The minimum absolute atomic E-state index is 0.0913. The maximum Gasteiger partial charge on any atom is 0.264 e. The molecule has 16 heavy (non-hydrogen) atoms. The second kappa shape index (κ2) is 4.78. The third-order valence-electron chi connectivity index (χ3n) is 2.27. The van der Waals surface area contributed by atoms with Crippen LogP contribution in [0.1, 0.15) is 5.56 Å². The molecule has 0 aliphatic carbocycles. The van der Waals surface area contributed by atoms with Crippen molar-refractivity contribution in [1.29, 1.82) is 0 Å². The van der Waals surface area contributed by atoms with Crippen molar-refractivity contribution in [1.82, 2.24) is 4.57 Å². The van der Waals surface area contributed by atoms with E-state index in [1.54, 1.807) is 36.5 Å². The molecule has 0 bridgehead atoms. The van der Waals surface area contributed by atoms with Crippen LogP contribution in [-0.2, 0) is 6.54 Å². The zero-order valence-corrected chi connectivity index (χ0v) is 10.5. The molecule has 0 unspecified atom stereocenters. The molecule has 2 rings (SSSR count). The Morgan fingerprint density at radius 3 is 2.69 bits per heavy atom. The van der Waals surface area contributed by atoms with Gasteiger partial charge >= 0.3 is 0 Å². The van der Waals surface area contributed by atoms with Crippen molar-refractivity contribution in [3.8, 4) is 0 Å². The van der Waals surface area contributed by atoms with Crippen molar-refractivity contribution >= 4 is 22.6 Å². The number of nitrogens with zero attached hydrogens (tertiary/aromatic N) is 1. The van der Waals surface area contributed by atoms with Crippen molar-refractivity contribution in [2.24, 2.45) is 0 Å². The monoisotopic (exact) mass is 329 g/mol. The minimum Gasteiger partial charge on any atom is -0.310 e. The lowest BCUT2D eigenvalue weighted by Crippen LogP contribution is -2.22. The first kappa shape index (κ1) is 11.3. The SMILES string of the molecule is O=c1c(I)cccn1Cc1ccccc1F. The van der Waals surface area contributed by atoms with Crippen molar-refractivity contribution in [2.75, 3.05) is 0 Å². The molecule has 0 saturated carbocycles. The number of hydrogen-bond acceptors (Lipinski definition) is 1. The summed E-state index contributed by atoms with van der Waals surface area (Å²) >= 11 is 1.97. The summed E-state index contributed by atoms with van der Waals surface area (Å²) in [6.07, 6.45) is 1.66. The molecule has 0 aliphatic heterocycles. The highest BCUT2D eigenvalue weighted by atomic mass is 127. The molecule has 2 aromatic rings. The van der Waals surface area contributed by atoms with Crippen LogP contribution >= 0.6 is 22.6 Å². The van der Waals surface area contributed by atoms with Gasteiger partial charge in [-0.1, -0.05) is 18.2 Å². The zero-order chi connectivity index (χ0) is 11.5. The number of benzene rings is 1. The van der Waals surface area contributed by atoms with Gasteiger partial charge in [-0.15, -0.1) is 0 Å². The summed E-state index contributed by atoms with van der Waals surface area (Å²) in [6.45, 7) is 0.266. The Morgan fingerprint density at radius 1 is 1.19 bits per heavy atom. The molecule has 0 amide bonds. The topological polar surface area (TPSA) is 22.0 Å². The Hall–Kier alpha value is -1.17. The molecule has 0 aliphatic rings. The van der Waals surface area contributed by atoms with Crippen molar-refractivity contribution < 1.29 is 4.39 Å². The first-order valence-corrected chi connectivity index (χ1v) is 5.85. The summed E-state index contributed by atoms with van der Waals surface area (Å²) in [5, 5.41) is 0. The van der Waals surface area contributed by atoms with E-state index in [0.717, 1.165) is 0 Å². The average Bonchev–Trinajstić information content (AvgIpc) is 2.28. The lowest BCUT2D eigenvalue weighted by atomic mass is 10.2. The molecule has 0 atom stereocenters.